The lowest BCUT2D eigenvalue weighted by Crippen LogP contribution is -2.02. The van der Waals surface area contributed by atoms with Crippen LogP contribution in [0.5, 0.6) is 0 Å². The number of unbranched alkanes of at least 4 members (excludes halogenated alkanes) is 3. The second-order valence-electron chi connectivity index (χ2n) is 4.96. The van der Waals surface area contributed by atoms with Gasteiger partial charge in [0.2, 0.25) is 0 Å². The highest BCUT2D eigenvalue weighted by molar-refractivity contribution is 5.92. The van der Waals surface area contributed by atoms with Crippen LogP contribution in [-0.4, -0.2) is 32.3 Å². The number of benzene rings is 1. The molecule has 0 aliphatic heterocycles. The van der Waals surface area contributed by atoms with Crippen molar-refractivity contribution in [2.24, 2.45) is 0 Å². The van der Waals surface area contributed by atoms with Crippen molar-refractivity contribution >= 4 is 17.0 Å². The minimum atomic E-state index is -0.916. The third kappa shape index (κ3) is 3.17. The molecule has 0 aliphatic carbocycles. The van der Waals surface area contributed by atoms with Crippen LogP contribution in [0.4, 0.5) is 0 Å². The number of aromatic nitrogens is 2. The van der Waals surface area contributed by atoms with Gasteiger partial charge in [-0.1, -0.05) is 12.8 Å². The van der Waals surface area contributed by atoms with Crippen LogP contribution in [0.1, 0.15) is 41.9 Å². The van der Waals surface area contributed by atoms with Gasteiger partial charge in [0.25, 0.3) is 0 Å². The number of carboxylic acids is 1. The predicted octanol–water partition coefficient (Wildman–Crippen LogP) is 2.60. The van der Waals surface area contributed by atoms with E-state index in [4.69, 9.17) is 10.2 Å². The van der Waals surface area contributed by atoms with E-state index in [1.54, 1.807) is 18.2 Å². The van der Waals surface area contributed by atoms with Gasteiger partial charge in [-0.3, -0.25) is 0 Å². The summed E-state index contributed by atoms with van der Waals surface area (Å²) in [4.78, 5) is 15.5. The third-order valence-electron chi connectivity index (χ3n) is 3.48. The number of hydrogen-bond donors (Lipinski definition) is 2. The summed E-state index contributed by atoms with van der Waals surface area (Å²) in [6.45, 7) is 3.01. The summed E-state index contributed by atoms with van der Waals surface area (Å²) < 4.78 is 2.07. The van der Waals surface area contributed by atoms with Gasteiger partial charge in [0.1, 0.15) is 5.82 Å². The number of carbonyl (C=O) groups is 1. The summed E-state index contributed by atoms with van der Waals surface area (Å²) in [5.74, 6) is -0.00931. The standard InChI is InChI=1S/C15H20N2O3/c1-11-16-13-7-6-12(15(19)20)10-14(13)17(11)8-4-2-3-5-9-18/h6-7,10,18H,2-5,8-9H2,1H3,(H,19,20). The Hall–Kier alpha value is -1.88. The topological polar surface area (TPSA) is 75.3 Å². The molecule has 108 valence electrons. The lowest BCUT2D eigenvalue weighted by atomic mass is 10.2. The molecule has 0 spiro atoms. The van der Waals surface area contributed by atoms with Gasteiger partial charge in [-0.25, -0.2) is 9.78 Å². The maximum Gasteiger partial charge on any atom is 0.335 e. The number of carboxylic acid groups (broad SMARTS) is 1. The quantitative estimate of drug-likeness (QED) is 0.762. The van der Waals surface area contributed by atoms with Crippen LogP contribution in [0, 0.1) is 6.92 Å². The predicted molar refractivity (Wildman–Crippen MR) is 77.0 cm³/mol. The van der Waals surface area contributed by atoms with E-state index in [-0.39, 0.29) is 6.61 Å². The molecule has 0 saturated heterocycles. The summed E-state index contributed by atoms with van der Waals surface area (Å²) in [5.41, 5.74) is 2.01. The highest BCUT2D eigenvalue weighted by Crippen LogP contribution is 2.19. The van der Waals surface area contributed by atoms with Crippen molar-refractivity contribution < 1.29 is 15.0 Å². The van der Waals surface area contributed by atoms with E-state index in [1.165, 1.54) is 0 Å². The van der Waals surface area contributed by atoms with Crippen LogP contribution in [-0.2, 0) is 6.54 Å². The Balaban J connectivity index is 2.16. The summed E-state index contributed by atoms with van der Waals surface area (Å²) >= 11 is 0. The monoisotopic (exact) mass is 276 g/mol. The van der Waals surface area contributed by atoms with Gasteiger partial charge in [-0.15, -0.1) is 0 Å². The molecule has 1 heterocycles. The molecule has 20 heavy (non-hydrogen) atoms. The van der Waals surface area contributed by atoms with Crippen molar-refractivity contribution in [2.45, 2.75) is 39.2 Å². The SMILES string of the molecule is Cc1nc2ccc(C(=O)O)cc2n1CCCCCCO. The Labute approximate surface area is 117 Å². The number of aliphatic hydroxyl groups excluding tert-OH is 1. The fourth-order valence-electron chi connectivity index (χ4n) is 2.39. The lowest BCUT2D eigenvalue weighted by Gasteiger charge is -2.07. The van der Waals surface area contributed by atoms with Crippen LogP contribution in [0.2, 0.25) is 0 Å². The molecule has 0 amide bonds. The molecule has 0 aliphatic rings. The molecule has 5 nitrogen and oxygen atoms in total. The second-order valence-corrected chi connectivity index (χ2v) is 4.96. The van der Waals surface area contributed by atoms with E-state index in [0.29, 0.717) is 5.56 Å². The van der Waals surface area contributed by atoms with Gasteiger partial charge < -0.3 is 14.8 Å². The molecule has 1 aromatic heterocycles. The average Bonchev–Trinajstić information content (AvgIpc) is 2.73. The molecular formula is C15H20N2O3. The Bertz CT molecular complexity index is 604. The molecule has 0 saturated carbocycles. The van der Waals surface area contributed by atoms with E-state index in [9.17, 15) is 4.79 Å². The second kappa shape index (κ2) is 6.52. The van der Waals surface area contributed by atoms with Crippen molar-refractivity contribution in [3.05, 3.63) is 29.6 Å². The molecule has 2 aromatic rings. The van der Waals surface area contributed by atoms with Gasteiger partial charge in [0.05, 0.1) is 16.6 Å². The molecule has 2 N–H and O–H groups in total. The highest BCUT2D eigenvalue weighted by Gasteiger charge is 2.10. The number of aliphatic hydroxyl groups is 1. The molecule has 0 unspecified atom stereocenters. The molecule has 2 rings (SSSR count). The Morgan fingerprint density at radius 3 is 2.70 bits per heavy atom. The van der Waals surface area contributed by atoms with Crippen LogP contribution < -0.4 is 0 Å². The van der Waals surface area contributed by atoms with Crippen molar-refractivity contribution in [1.29, 1.82) is 0 Å². The number of imidazole rings is 1. The minimum Gasteiger partial charge on any atom is -0.478 e. The maximum absolute atomic E-state index is 11.0. The number of fused-ring (bicyclic) bond motifs is 1. The molecular weight excluding hydrogens is 256 g/mol. The molecule has 0 atom stereocenters. The first-order valence-corrected chi connectivity index (χ1v) is 6.94. The normalized spacial score (nSPS) is 11.1. The van der Waals surface area contributed by atoms with E-state index in [2.05, 4.69) is 9.55 Å². The largest absolute Gasteiger partial charge is 0.478 e. The summed E-state index contributed by atoms with van der Waals surface area (Å²) in [7, 11) is 0. The van der Waals surface area contributed by atoms with Gasteiger partial charge in [-0.2, -0.15) is 0 Å². The van der Waals surface area contributed by atoms with Crippen LogP contribution in [0.25, 0.3) is 11.0 Å². The Kier molecular flexibility index (Phi) is 4.74. The molecule has 0 bridgehead atoms. The molecule has 0 fully saturated rings. The van der Waals surface area contributed by atoms with Crippen LogP contribution in [0.15, 0.2) is 18.2 Å². The zero-order chi connectivity index (χ0) is 14.5. The number of nitrogens with zero attached hydrogens (tertiary/aromatic N) is 2. The van der Waals surface area contributed by atoms with Crippen LogP contribution in [0.3, 0.4) is 0 Å². The van der Waals surface area contributed by atoms with Crippen molar-refractivity contribution in [1.82, 2.24) is 9.55 Å². The maximum atomic E-state index is 11.0. The fourth-order valence-corrected chi connectivity index (χ4v) is 2.39. The van der Waals surface area contributed by atoms with E-state index >= 15 is 0 Å². The smallest absolute Gasteiger partial charge is 0.335 e. The zero-order valence-corrected chi connectivity index (χ0v) is 11.7. The van der Waals surface area contributed by atoms with E-state index in [0.717, 1.165) is 49.1 Å². The minimum absolute atomic E-state index is 0.245. The highest BCUT2D eigenvalue weighted by atomic mass is 16.4. The first-order valence-electron chi connectivity index (χ1n) is 6.94. The van der Waals surface area contributed by atoms with E-state index in [1.807, 2.05) is 6.92 Å². The van der Waals surface area contributed by atoms with Gasteiger partial charge in [0.15, 0.2) is 0 Å². The van der Waals surface area contributed by atoms with Gasteiger partial charge in [0, 0.05) is 13.2 Å². The van der Waals surface area contributed by atoms with E-state index < -0.39 is 5.97 Å². The third-order valence-corrected chi connectivity index (χ3v) is 3.48. The first-order chi connectivity index (χ1) is 9.63. The lowest BCUT2D eigenvalue weighted by molar-refractivity contribution is 0.0697. The molecule has 5 heteroatoms. The van der Waals surface area contributed by atoms with Crippen molar-refractivity contribution in [2.75, 3.05) is 6.61 Å². The molecule has 1 aromatic carbocycles. The Morgan fingerprint density at radius 2 is 2.00 bits per heavy atom. The fraction of sp³-hybridized carbons (Fsp3) is 0.467. The van der Waals surface area contributed by atoms with Crippen LogP contribution >= 0.6 is 0 Å². The first kappa shape index (κ1) is 14.5. The van der Waals surface area contributed by atoms with Gasteiger partial charge >= 0.3 is 5.97 Å². The number of hydrogen-bond acceptors (Lipinski definition) is 3. The number of rotatable bonds is 7. The summed E-state index contributed by atoms with van der Waals surface area (Å²) in [6.07, 6.45) is 3.91. The number of aromatic carboxylic acids is 1. The van der Waals surface area contributed by atoms with Gasteiger partial charge in [-0.05, 0) is 38.0 Å². The average molecular weight is 276 g/mol. The Morgan fingerprint density at radius 1 is 1.25 bits per heavy atom. The number of aryl methyl sites for hydroxylation is 2. The van der Waals surface area contributed by atoms with Crippen molar-refractivity contribution in [3.8, 4) is 0 Å². The summed E-state index contributed by atoms with van der Waals surface area (Å²) in [5, 5.41) is 17.8. The zero-order valence-electron chi connectivity index (χ0n) is 11.7. The van der Waals surface area contributed by atoms with Crippen molar-refractivity contribution in [3.63, 3.8) is 0 Å². The summed E-state index contributed by atoms with van der Waals surface area (Å²) in [6, 6.07) is 5.03. The molecule has 0 radical (unpaired) electrons.